The molecule has 2 saturated heterocycles. The van der Waals surface area contributed by atoms with Crippen LogP contribution in [0.2, 0.25) is 0 Å². The second-order valence-electron chi connectivity index (χ2n) is 8.86. The third-order valence-corrected chi connectivity index (χ3v) is 8.21. The molecule has 2 atom stereocenters. The number of carboxylic acids is 1. The number of nitrogens with zero attached hydrogens (tertiary/aromatic N) is 4. The van der Waals surface area contributed by atoms with Gasteiger partial charge in [0.05, 0.1) is 12.6 Å². The molecule has 2 aliphatic rings. The van der Waals surface area contributed by atoms with E-state index in [0.29, 0.717) is 23.6 Å². The van der Waals surface area contributed by atoms with E-state index in [4.69, 9.17) is 0 Å². The minimum absolute atomic E-state index is 0.0788. The van der Waals surface area contributed by atoms with Crippen LogP contribution in [0.1, 0.15) is 41.7 Å². The van der Waals surface area contributed by atoms with Gasteiger partial charge in [0.25, 0.3) is 0 Å². The molecule has 3 heterocycles. The minimum Gasteiger partial charge on any atom is -0.477 e. The summed E-state index contributed by atoms with van der Waals surface area (Å²) in [5, 5.41) is 22.2. The molecule has 2 fully saturated rings. The van der Waals surface area contributed by atoms with Crippen molar-refractivity contribution < 1.29 is 15.0 Å². The fourth-order valence-electron chi connectivity index (χ4n) is 4.72. The van der Waals surface area contributed by atoms with Crippen LogP contribution >= 0.6 is 45.2 Å². The molecule has 1 aromatic heterocycles. The first-order valence-electron chi connectivity index (χ1n) is 11.3. The first-order valence-corrected chi connectivity index (χ1v) is 13.4. The number of rotatable bonds is 8. The quantitative estimate of drug-likeness (QED) is 0.364. The van der Waals surface area contributed by atoms with Crippen LogP contribution in [-0.2, 0) is 0 Å². The van der Waals surface area contributed by atoms with Crippen molar-refractivity contribution in [3.63, 3.8) is 0 Å². The third-order valence-electron chi connectivity index (χ3n) is 6.61. The van der Waals surface area contributed by atoms with Crippen LogP contribution in [-0.4, -0.2) is 70.4 Å². The van der Waals surface area contributed by atoms with Gasteiger partial charge in [0.2, 0.25) is 5.95 Å². The average Bonchev–Trinajstić information content (AvgIpc) is 2.73. The van der Waals surface area contributed by atoms with Crippen LogP contribution in [0.25, 0.3) is 0 Å². The highest BCUT2D eigenvalue weighted by atomic mass is 127. The monoisotopic (exact) mass is 677 g/mol. The first-order chi connectivity index (χ1) is 15.9. The summed E-state index contributed by atoms with van der Waals surface area (Å²) in [6.07, 6.45) is 3.81. The predicted molar refractivity (Wildman–Crippen MR) is 145 cm³/mol. The van der Waals surface area contributed by atoms with Gasteiger partial charge < -0.3 is 25.3 Å². The van der Waals surface area contributed by atoms with E-state index >= 15 is 0 Å². The molecule has 3 N–H and O–H groups in total. The fourth-order valence-corrected chi connectivity index (χ4v) is 6.79. The van der Waals surface area contributed by atoms with Gasteiger partial charge >= 0.3 is 5.97 Å². The smallest absolute Gasteiger partial charge is 0.341 e. The van der Waals surface area contributed by atoms with Crippen LogP contribution in [0.5, 0.6) is 0 Å². The maximum atomic E-state index is 11.8. The molecule has 2 aliphatic heterocycles. The largest absolute Gasteiger partial charge is 0.477 e. The highest BCUT2D eigenvalue weighted by Crippen LogP contribution is 2.34. The maximum absolute atomic E-state index is 11.8. The maximum Gasteiger partial charge on any atom is 0.341 e. The number of likely N-dealkylation sites (tertiary alicyclic amines) is 1. The summed E-state index contributed by atoms with van der Waals surface area (Å²) in [5.74, 6) is 1.09. The van der Waals surface area contributed by atoms with Crippen molar-refractivity contribution in [3.8, 4) is 0 Å². The number of aliphatic hydroxyl groups is 1. The number of hydrogen-bond donors (Lipinski definition) is 3. The summed E-state index contributed by atoms with van der Waals surface area (Å²) in [6.45, 7) is 6.85. The van der Waals surface area contributed by atoms with Crippen LogP contribution in [0.15, 0.2) is 24.4 Å². The molecule has 178 valence electrons. The molecule has 0 amide bonds. The number of carboxylic acid groups (broad SMARTS) is 1. The lowest BCUT2D eigenvalue weighted by atomic mass is 9.81. The number of carbonyl (C=O) groups is 1. The van der Waals surface area contributed by atoms with E-state index < -0.39 is 5.97 Å². The molecule has 4 rings (SSSR count). The molecule has 0 saturated carbocycles. The molecule has 2 aromatic rings. The van der Waals surface area contributed by atoms with E-state index in [9.17, 15) is 15.0 Å². The lowest BCUT2D eigenvalue weighted by Gasteiger charge is -2.46. The van der Waals surface area contributed by atoms with Gasteiger partial charge in [-0.15, -0.1) is 0 Å². The van der Waals surface area contributed by atoms with Gasteiger partial charge in [-0.05, 0) is 101 Å². The van der Waals surface area contributed by atoms with Crippen molar-refractivity contribution in [1.82, 2.24) is 14.9 Å². The predicted octanol–water partition coefficient (Wildman–Crippen LogP) is 3.70. The van der Waals surface area contributed by atoms with E-state index in [2.05, 4.69) is 82.4 Å². The molecule has 0 radical (unpaired) electrons. The molecule has 8 nitrogen and oxygen atoms in total. The second-order valence-corrected chi connectivity index (χ2v) is 11.3. The zero-order valence-electron chi connectivity index (χ0n) is 18.5. The Morgan fingerprint density at radius 3 is 2.76 bits per heavy atom. The van der Waals surface area contributed by atoms with Gasteiger partial charge in [-0.2, -0.15) is 4.98 Å². The molecule has 2 unspecified atom stereocenters. The molecule has 0 spiro atoms. The lowest BCUT2D eigenvalue weighted by Crippen LogP contribution is -2.54. The molecule has 0 bridgehead atoms. The van der Waals surface area contributed by atoms with Crippen molar-refractivity contribution in [2.75, 3.05) is 49.5 Å². The first kappa shape index (κ1) is 24.9. The Kier molecular flexibility index (Phi) is 8.28. The Morgan fingerprint density at radius 2 is 2.06 bits per heavy atom. The highest BCUT2D eigenvalue weighted by Gasteiger charge is 2.37. The molecule has 1 aromatic carbocycles. The lowest BCUT2D eigenvalue weighted by molar-refractivity contribution is 0.0697. The Hall–Kier alpha value is -1.25. The average molecular weight is 677 g/mol. The van der Waals surface area contributed by atoms with E-state index in [1.165, 1.54) is 19.0 Å². The SMILES string of the molecule is CC(Nc1nc(N2CC(C3CCCN(CCO)C3)C2)ncc1C(=O)O)c1ccc(I)cc1I. The van der Waals surface area contributed by atoms with Crippen LogP contribution < -0.4 is 10.2 Å². The second kappa shape index (κ2) is 11.0. The summed E-state index contributed by atoms with van der Waals surface area (Å²) in [7, 11) is 0. The summed E-state index contributed by atoms with van der Waals surface area (Å²) in [6, 6.07) is 6.12. The fraction of sp³-hybridized carbons (Fsp3) is 0.522. The number of anilines is 2. The number of aromatic nitrogens is 2. The number of aromatic carboxylic acids is 1. The number of hydrogen-bond acceptors (Lipinski definition) is 7. The van der Waals surface area contributed by atoms with Crippen LogP contribution in [0, 0.1) is 19.0 Å². The van der Waals surface area contributed by atoms with E-state index in [0.717, 1.165) is 45.4 Å². The normalized spacial score (nSPS) is 20.4. The molecule has 33 heavy (non-hydrogen) atoms. The summed E-state index contributed by atoms with van der Waals surface area (Å²) in [4.78, 5) is 25.3. The van der Waals surface area contributed by atoms with E-state index in [1.54, 1.807) is 0 Å². The minimum atomic E-state index is -1.04. The van der Waals surface area contributed by atoms with Crippen LogP contribution in [0.4, 0.5) is 11.8 Å². The van der Waals surface area contributed by atoms with Crippen molar-refractivity contribution in [2.24, 2.45) is 11.8 Å². The highest BCUT2D eigenvalue weighted by molar-refractivity contribution is 14.1. The molecular weight excluding hydrogens is 648 g/mol. The van der Waals surface area contributed by atoms with Crippen molar-refractivity contribution in [1.29, 1.82) is 0 Å². The molecular formula is C23H29I2N5O3. The Labute approximate surface area is 221 Å². The van der Waals surface area contributed by atoms with E-state index in [1.807, 2.05) is 13.0 Å². The Bertz CT molecular complexity index is 1000. The standard InChI is InChI=1S/C23H29I2N5O3/c1-14(18-5-4-17(24)9-20(18)25)27-21-19(22(32)33)10-26-23(28-21)30-12-16(13-30)15-3-2-6-29(11-15)7-8-31/h4-5,9-10,14-16,31H,2-3,6-8,11-13H2,1H3,(H,32,33)(H,26,27,28). The number of β-amino-alcohol motifs (C(OH)–C–C–N with tert-alkyl or cyclic N) is 1. The third kappa shape index (κ3) is 5.88. The number of aliphatic hydroxyl groups excluding tert-OH is 1. The molecule has 0 aliphatic carbocycles. The van der Waals surface area contributed by atoms with Gasteiger partial charge in [-0.1, -0.05) is 6.07 Å². The molecule has 10 heteroatoms. The van der Waals surface area contributed by atoms with Gasteiger partial charge in [-0.3, -0.25) is 0 Å². The number of nitrogens with one attached hydrogen (secondary N) is 1. The van der Waals surface area contributed by atoms with Crippen molar-refractivity contribution in [2.45, 2.75) is 25.8 Å². The number of benzene rings is 1. The Morgan fingerprint density at radius 1 is 1.27 bits per heavy atom. The van der Waals surface area contributed by atoms with Gasteiger partial charge in [0, 0.05) is 39.5 Å². The van der Waals surface area contributed by atoms with E-state index in [-0.39, 0.29) is 18.2 Å². The van der Waals surface area contributed by atoms with Crippen LogP contribution in [0.3, 0.4) is 0 Å². The van der Waals surface area contributed by atoms with Gasteiger partial charge in [0.1, 0.15) is 11.4 Å². The van der Waals surface area contributed by atoms with Gasteiger partial charge in [-0.25, -0.2) is 9.78 Å². The topological polar surface area (TPSA) is 102 Å². The number of halogens is 2. The van der Waals surface area contributed by atoms with Crippen molar-refractivity contribution >= 4 is 62.9 Å². The zero-order chi connectivity index (χ0) is 23.5. The zero-order valence-corrected chi connectivity index (χ0v) is 22.9. The Balaban J connectivity index is 1.45. The summed E-state index contributed by atoms with van der Waals surface area (Å²) < 4.78 is 2.28. The number of piperidine rings is 1. The van der Waals surface area contributed by atoms with Crippen molar-refractivity contribution in [3.05, 3.63) is 42.7 Å². The summed E-state index contributed by atoms with van der Waals surface area (Å²) in [5.41, 5.74) is 1.18. The summed E-state index contributed by atoms with van der Waals surface area (Å²) >= 11 is 4.59. The van der Waals surface area contributed by atoms with Gasteiger partial charge in [0.15, 0.2) is 0 Å².